The van der Waals surface area contributed by atoms with Crippen LogP contribution in [0.4, 0.5) is 0 Å². The molecule has 0 amide bonds. The van der Waals surface area contributed by atoms with Crippen molar-refractivity contribution in [3.63, 3.8) is 0 Å². The molecule has 0 bridgehead atoms. The summed E-state index contributed by atoms with van der Waals surface area (Å²) >= 11 is 0. The number of aromatic nitrogens is 2. The number of aryl methyl sites for hydroxylation is 1. The molecule has 3 N–H and O–H groups in total. The van der Waals surface area contributed by atoms with Gasteiger partial charge in [0.05, 0.1) is 5.69 Å². The number of rotatable bonds is 1. The first-order valence-corrected chi connectivity index (χ1v) is 4.31. The lowest BCUT2D eigenvalue weighted by Gasteiger charge is -1.96. The summed E-state index contributed by atoms with van der Waals surface area (Å²) in [5.74, 6) is 0.447. The maximum absolute atomic E-state index is 5.93. The molecule has 1 aromatic heterocycles. The smallest absolute Gasteiger partial charge is 0.0677 e. The summed E-state index contributed by atoms with van der Waals surface area (Å²) in [6.07, 6.45) is 0. The molecular formula is C9H15N3. The Balaban J connectivity index is 2.24. The molecule has 1 fully saturated rings. The predicted octanol–water partition coefficient (Wildman–Crippen LogP) is 1.17. The number of nitrogens with one attached hydrogen (secondary N) is 1. The van der Waals surface area contributed by atoms with E-state index in [1.165, 1.54) is 0 Å². The maximum atomic E-state index is 5.93. The summed E-state index contributed by atoms with van der Waals surface area (Å²) in [5.41, 5.74) is 8.40. The number of nitrogens with zero attached hydrogens (tertiary/aromatic N) is 1. The van der Waals surface area contributed by atoms with Crippen LogP contribution >= 0.6 is 0 Å². The van der Waals surface area contributed by atoms with Gasteiger partial charge in [-0.25, -0.2) is 0 Å². The molecular weight excluding hydrogens is 150 g/mol. The Morgan fingerprint density at radius 2 is 2.17 bits per heavy atom. The number of nitrogens with two attached hydrogens (primary N) is 1. The van der Waals surface area contributed by atoms with Gasteiger partial charge in [-0.3, -0.25) is 5.10 Å². The lowest BCUT2D eigenvalue weighted by atomic mass is 10.1. The van der Waals surface area contributed by atoms with Crippen LogP contribution in [0.25, 0.3) is 0 Å². The molecule has 3 nitrogen and oxygen atoms in total. The van der Waals surface area contributed by atoms with Crippen molar-refractivity contribution in [2.45, 2.75) is 32.7 Å². The summed E-state index contributed by atoms with van der Waals surface area (Å²) in [7, 11) is 0. The van der Waals surface area contributed by atoms with Crippen molar-refractivity contribution in [2.75, 3.05) is 0 Å². The van der Waals surface area contributed by atoms with Gasteiger partial charge in [0.25, 0.3) is 0 Å². The maximum Gasteiger partial charge on any atom is 0.0677 e. The van der Waals surface area contributed by atoms with Gasteiger partial charge in [-0.05, 0) is 18.4 Å². The van der Waals surface area contributed by atoms with Crippen molar-refractivity contribution in [1.82, 2.24) is 10.2 Å². The van der Waals surface area contributed by atoms with Gasteiger partial charge in [-0.2, -0.15) is 5.10 Å². The van der Waals surface area contributed by atoms with Gasteiger partial charge < -0.3 is 5.73 Å². The van der Waals surface area contributed by atoms with Crippen LogP contribution in [-0.2, 0) is 0 Å². The lowest BCUT2D eigenvalue weighted by molar-refractivity contribution is 0.595. The molecule has 0 spiro atoms. The zero-order chi connectivity index (χ0) is 8.93. The zero-order valence-corrected chi connectivity index (χ0v) is 7.76. The van der Waals surface area contributed by atoms with Crippen LogP contribution in [0.2, 0.25) is 0 Å². The van der Waals surface area contributed by atoms with Crippen LogP contribution < -0.4 is 5.73 Å². The first-order valence-electron chi connectivity index (χ1n) is 4.31. The van der Waals surface area contributed by atoms with Gasteiger partial charge in [0, 0.05) is 17.7 Å². The second-order valence-corrected chi connectivity index (χ2v) is 4.30. The van der Waals surface area contributed by atoms with E-state index in [1.807, 2.05) is 6.92 Å². The summed E-state index contributed by atoms with van der Waals surface area (Å²) in [4.78, 5) is 0. The van der Waals surface area contributed by atoms with Gasteiger partial charge in [-0.1, -0.05) is 13.8 Å². The van der Waals surface area contributed by atoms with E-state index in [0.29, 0.717) is 5.92 Å². The number of H-pyrrole nitrogens is 1. The van der Waals surface area contributed by atoms with E-state index >= 15 is 0 Å². The highest BCUT2D eigenvalue weighted by Crippen LogP contribution is 2.56. The minimum atomic E-state index is 0.238. The average molecular weight is 165 g/mol. The molecule has 1 aliphatic rings. The van der Waals surface area contributed by atoms with Crippen molar-refractivity contribution < 1.29 is 0 Å². The molecule has 0 aliphatic heterocycles. The highest BCUT2D eigenvalue weighted by Gasteiger charge is 2.57. The first-order chi connectivity index (χ1) is 5.53. The van der Waals surface area contributed by atoms with Crippen molar-refractivity contribution in [1.29, 1.82) is 0 Å². The molecule has 66 valence electrons. The molecule has 2 atom stereocenters. The molecule has 1 aliphatic carbocycles. The largest absolute Gasteiger partial charge is 0.327 e. The van der Waals surface area contributed by atoms with E-state index in [9.17, 15) is 0 Å². The Labute approximate surface area is 72.4 Å². The molecule has 0 saturated heterocycles. The van der Waals surface area contributed by atoms with Crippen molar-refractivity contribution in [3.05, 3.63) is 17.5 Å². The molecule has 1 saturated carbocycles. The van der Waals surface area contributed by atoms with E-state index in [-0.39, 0.29) is 11.5 Å². The molecule has 2 rings (SSSR count). The summed E-state index contributed by atoms with van der Waals surface area (Å²) in [5, 5.41) is 7.16. The fourth-order valence-corrected chi connectivity index (χ4v) is 1.84. The zero-order valence-electron chi connectivity index (χ0n) is 7.76. The van der Waals surface area contributed by atoms with E-state index in [0.717, 1.165) is 11.4 Å². The number of hydrogen-bond donors (Lipinski definition) is 2. The fraction of sp³-hybridized carbons (Fsp3) is 0.667. The predicted molar refractivity (Wildman–Crippen MR) is 47.8 cm³/mol. The average Bonchev–Trinajstić information content (AvgIpc) is 2.38. The second-order valence-electron chi connectivity index (χ2n) is 4.30. The molecule has 1 heterocycles. The Hall–Kier alpha value is -0.830. The monoisotopic (exact) mass is 165 g/mol. The Kier molecular flexibility index (Phi) is 1.37. The summed E-state index contributed by atoms with van der Waals surface area (Å²) < 4.78 is 0. The summed E-state index contributed by atoms with van der Waals surface area (Å²) in [6.45, 7) is 6.39. The quantitative estimate of drug-likeness (QED) is 0.656. The van der Waals surface area contributed by atoms with Crippen LogP contribution in [0.1, 0.15) is 31.2 Å². The van der Waals surface area contributed by atoms with Crippen LogP contribution in [0.15, 0.2) is 6.07 Å². The molecule has 3 heteroatoms. The van der Waals surface area contributed by atoms with E-state index in [2.05, 4.69) is 30.1 Å². The number of hydrogen-bond acceptors (Lipinski definition) is 2. The highest BCUT2D eigenvalue weighted by atomic mass is 15.1. The molecule has 0 aromatic carbocycles. The van der Waals surface area contributed by atoms with Crippen LogP contribution in [0.5, 0.6) is 0 Å². The highest BCUT2D eigenvalue weighted by molar-refractivity contribution is 5.29. The Morgan fingerprint density at radius 3 is 2.50 bits per heavy atom. The van der Waals surface area contributed by atoms with Crippen molar-refractivity contribution >= 4 is 0 Å². The third-order valence-electron chi connectivity index (χ3n) is 2.96. The van der Waals surface area contributed by atoms with Crippen molar-refractivity contribution in [3.8, 4) is 0 Å². The lowest BCUT2D eigenvalue weighted by Crippen LogP contribution is -2.06. The van der Waals surface area contributed by atoms with Gasteiger partial charge in [-0.15, -0.1) is 0 Å². The van der Waals surface area contributed by atoms with E-state index in [1.54, 1.807) is 0 Å². The van der Waals surface area contributed by atoms with Crippen LogP contribution in [0.3, 0.4) is 0 Å². The molecule has 0 radical (unpaired) electrons. The minimum absolute atomic E-state index is 0.238. The first kappa shape index (κ1) is 7.80. The Morgan fingerprint density at radius 1 is 1.58 bits per heavy atom. The van der Waals surface area contributed by atoms with Gasteiger partial charge in [0.1, 0.15) is 0 Å². The van der Waals surface area contributed by atoms with Gasteiger partial charge >= 0.3 is 0 Å². The topological polar surface area (TPSA) is 54.7 Å². The van der Waals surface area contributed by atoms with Crippen LogP contribution in [0, 0.1) is 12.3 Å². The second kappa shape index (κ2) is 2.10. The van der Waals surface area contributed by atoms with E-state index < -0.39 is 0 Å². The standard InChI is InChI=1S/C9H15N3/c1-5-4-6(12-11-5)7-8(10)9(7,2)3/h4,7-8H,10H2,1-3H3,(H,11,12)/t7-,8-/m0/s1. The van der Waals surface area contributed by atoms with Crippen molar-refractivity contribution in [2.24, 2.45) is 11.1 Å². The SMILES string of the molecule is Cc1cc([C@H]2[C@H](N)C2(C)C)n[nH]1. The molecule has 1 aromatic rings. The Bertz CT molecular complexity index is 300. The number of aromatic amines is 1. The van der Waals surface area contributed by atoms with Gasteiger partial charge in [0.2, 0.25) is 0 Å². The normalized spacial score (nSPS) is 32.0. The minimum Gasteiger partial charge on any atom is -0.327 e. The third-order valence-corrected chi connectivity index (χ3v) is 2.96. The van der Waals surface area contributed by atoms with Crippen LogP contribution in [-0.4, -0.2) is 16.2 Å². The third kappa shape index (κ3) is 0.894. The van der Waals surface area contributed by atoms with Gasteiger partial charge in [0.15, 0.2) is 0 Å². The summed E-state index contributed by atoms with van der Waals surface area (Å²) in [6, 6.07) is 2.36. The fourth-order valence-electron chi connectivity index (χ4n) is 1.84. The molecule has 12 heavy (non-hydrogen) atoms. The van der Waals surface area contributed by atoms with E-state index in [4.69, 9.17) is 5.73 Å². The molecule has 0 unspecified atom stereocenters.